The van der Waals surface area contributed by atoms with Crippen LogP contribution in [0.25, 0.3) is 0 Å². The van der Waals surface area contributed by atoms with Crippen LogP contribution in [0.15, 0.2) is 47.2 Å². The van der Waals surface area contributed by atoms with E-state index in [9.17, 15) is 0 Å². The van der Waals surface area contributed by atoms with E-state index in [2.05, 4.69) is 57.4 Å². The van der Waals surface area contributed by atoms with Crippen molar-refractivity contribution in [1.82, 2.24) is 10.3 Å². The molecule has 0 amide bonds. The lowest BCUT2D eigenvalue weighted by molar-refractivity contribution is 0.304. The number of nitrogens with one attached hydrogen (secondary N) is 1. The molecule has 0 saturated heterocycles. The zero-order valence-corrected chi connectivity index (χ0v) is 12.5. The molecule has 1 aromatic carbocycles. The molecule has 0 aliphatic carbocycles. The molecule has 0 atom stereocenters. The van der Waals surface area contributed by atoms with Gasteiger partial charge in [-0.2, -0.15) is 0 Å². The molecule has 0 unspecified atom stereocenters. The molecule has 0 spiro atoms. The maximum atomic E-state index is 5.72. The number of hydrogen-bond donors (Lipinski definition) is 1. The monoisotopic (exact) mass is 320 g/mol. The van der Waals surface area contributed by atoms with Crippen molar-refractivity contribution >= 4 is 15.9 Å². The molecule has 2 rings (SSSR count). The quantitative estimate of drug-likeness (QED) is 0.884. The van der Waals surface area contributed by atoms with Crippen LogP contribution >= 0.6 is 15.9 Å². The minimum absolute atomic E-state index is 0.554. The summed E-state index contributed by atoms with van der Waals surface area (Å²) >= 11 is 3.38. The largest absolute Gasteiger partial charge is 0.487 e. The maximum Gasteiger partial charge on any atom is 0.139 e. The highest BCUT2D eigenvalue weighted by Crippen LogP contribution is 2.17. The first-order valence-corrected chi connectivity index (χ1v) is 7.09. The van der Waals surface area contributed by atoms with Gasteiger partial charge in [-0.15, -0.1) is 0 Å². The lowest BCUT2D eigenvalue weighted by Gasteiger charge is -2.08. The summed E-state index contributed by atoms with van der Waals surface area (Å²) in [6.45, 7) is 4.53. The maximum absolute atomic E-state index is 5.72. The lowest BCUT2D eigenvalue weighted by atomic mass is 10.1. The summed E-state index contributed by atoms with van der Waals surface area (Å²) in [5, 5.41) is 3.32. The summed E-state index contributed by atoms with van der Waals surface area (Å²) in [5.41, 5.74) is 2.44. The van der Waals surface area contributed by atoms with Crippen molar-refractivity contribution in [3.63, 3.8) is 0 Å². The molecule has 0 saturated carbocycles. The smallest absolute Gasteiger partial charge is 0.139 e. The van der Waals surface area contributed by atoms with Gasteiger partial charge < -0.3 is 10.1 Å². The first kappa shape index (κ1) is 14.0. The minimum Gasteiger partial charge on any atom is -0.487 e. The molecular formula is C15H17BrN2O. The van der Waals surface area contributed by atoms with E-state index in [-0.39, 0.29) is 0 Å². The molecule has 0 aliphatic heterocycles. The van der Waals surface area contributed by atoms with Gasteiger partial charge in [-0.05, 0) is 39.7 Å². The Balaban J connectivity index is 1.95. The zero-order valence-electron chi connectivity index (χ0n) is 10.9. The van der Waals surface area contributed by atoms with Crippen molar-refractivity contribution in [3.8, 4) is 5.75 Å². The third-order valence-electron chi connectivity index (χ3n) is 2.66. The average molecular weight is 321 g/mol. The summed E-state index contributed by atoms with van der Waals surface area (Å²) in [4.78, 5) is 4.07. The Kier molecular flexibility index (Phi) is 5.36. The van der Waals surface area contributed by atoms with Crippen LogP contribution in [-0.4, -0.2) is 11.5 Å². The highest BCUT2D eigenvalue weighted by atomic mass is 79.9. The van der Waals surface area contributed by atoms with Gasteiger partial charge in [-0.25, -0.2) is 0 Å². The average Bonchev–Trinajstić information content (AvgIpc) is 2.43. The van der Waals surface area contributed by atoms with E-state index in [1.54, 1.807) is 12.4 Å². The van der Waals surface area contributed by atoms with Crippen LogP contribution < -0.4 is 10.1 Å². The molecule has 3 nitrogen and oxygen atoms in total. The lowest BCUT2D eigenvalue weighted by Crippen LogP contribution is -2.11. The Morgan fingerprint density at radius 2 is 2.05 bits per heavy atom. The Hall–Kier alpha value is -1.39. The molecule has 0 aliphatic rings. The van der Waals surface area contributed by atoms with Crippen molar-refractivity contribution in [2.24, 2.45) is 0 Å². The molecule has 19 heavy (non-hydrogen) atoms. The van der Waals surface area contributed by atoms with Gasteiger partial charge in [0.15, 0.2) is 0 Å². The van der Waals surface area contributed by atoms with E-state index in [1.165, 1.54) is 5.56 Å². The van der Waals surface area contributed by atoms with Gasteiger partial charge in [0.25, 0.3) is 0 Å². The van der Waals surface area contributed by atoms with Crippen molar-refractivity contribution in [1.29, 1.82) is 0 Å². The van der Waals surface area contributed by atoms with E-state index in [0.29, 0.717) is 6.61 Å². The Bertz CT molecular complexity index is 531. The SMILES string of the molecule is CCNCc1cccc(COc2cncc(Br)c2)c1. The van der Waals surface area contributed by atoms with Crippen LogP contribution in [0, 0.1) is 0 Å². The molecule has 1 N–H and O–H groups in total. The number of hydrogen-bond acceptors (Lipinski definition) is 3. The number of rotatable bonds is 6. The van der Waals surface area contributed by atoms with Crippen molar-refractivity contribution in [3.05, 3.63) is 58.3 Å². The number of pyridine rings is 1. The van der Waals surface area contributed by atoms with Gasteiger partial charge in [-0.1, -0.05) is 31.2 Å². The highest BCUT2D eigenvalue weighted by Gasteiger charge is 1.99. The fraction of sp³-hybridized carbons (Fsp3) is 0.267. The van der Waals surface area contributed by atoms with Crippen LogP contribution in [-0.2, 0) is 13.2 Å². The van der Waals surface area contributed by atoms with Gasteiger partial charge in [0.1, 0.15) is 12.4 Å². The molecule has 0 bridgehead atoms. The normalized spacial score (nSPS) is 10.4. The van der Waals surface area contributed by atoms with Crippen LogP contribution in [0.2, 0.25) is 0 Å². The van der Waals surface area contributed by atoms with Gasteiger partial charge >= 0.3 is 0 Å². The molecule has 2 aromatic rings. The molecule has 0 radical (unpaired) electrons. The number of ether oxygens (including phenoxy) is 1. The number of aromatic nitrogens is 1. The summed E-state index contributed by atoms with van der Waals surface area (Å²) in [7, 11) is 0. The minimum atomic E-state index is 0.554. The molecule has 1 heterocycles. The van der Waals surface area contributed by atoms with Gasteiger partial charge in [0.2, 0.25) is 0 Å². The van der Waals surface area contributed by atoms with Crippen LogP contribution in [0.1, 0.15) is 18.1 Å². The van der Waals surface area contributed by atoms with E-state index in [4.69, 9.17) is 4.74 Å². The second kappa shape index (κ2) is 7.26. The Morgan fingerprint density at radius 1 is 1.21 bits per heavy atom. The number of nitrogens with zero attached hydrogens (tertiary/aromatic N) is 1. The third-order valence-corrected chi connectivity index (χ3v) is 3.09. The van der Waals surface area contributed by atoms with Crippen molar-refractivity contribution < 1.29 is 4.74 Å². The fourth-order valence-electron chi connectivity index (χ4n) is 1.74. The molecule has 100 valence electrons. The molecule has 1 aromatic heterocycles. The second-order valence-electron chi connectivity index (χ2n) is 4.23. The predicted octanol–water partition coefficient (Wildman–Crippen LogP) is 3.53. The molecular weight excluding hydrogens is 304 g/mol. The van der Waals surface area contributed by atoms with Crippen LogP contribution in [0.5, 0.6) is 5.75 Å². The highest BCUT2D eigenvalue weighted by molar-refractivity contribution is 9.10. The molecule has 0 fully saturated rings. The summed E-state index contributed by atoms with van der Waals surface area (Å²) < 4.78 is 6.64. The number of halogens is 1. The van der Waals surface area contributed by atoms with Crippen LogP contribution in [0.4, 0.5) is 0 Å². The van der Waals surface area contributed by atoms with Gasteiger partial charge in [0.05, 0.1) is 6.20 Å². The van der Waals surface area contributed by atoms with Crippen molar-refractivity contribution in [2.45, 2.75) is 20.1 Å². The fourth-order valence-corrected chi connectivity index (χ4v) is 2.08. The van der Waals surface area contributed by atoms with Crippen LogP contribution in [0.3, 0.4) is 0 Å². The van der Waals surface area contributed by atoms with E-state index in [0.717, 1.165) is 28.9 Å². The summed E-state index contributed by atoms with van der Waals surface area (Å²) in [6, 6.07) is 10.3. The zero-order chi connectivity index (χ0) is 13.5. The molecule has 4 heteroatoms. The summed E-state index contributed by atoms with van der Waals surface area (Å²) in [5.74, 6) is 0.770. The van der Waals surface area contributed by atoms with Gasteiger partial charge in [-0.3, -0.25) is 4.98 Å². The Morgan fingerprint density at radius 3 is 2.84 bits per heavy atom. The number of benzene rings is 1. The van der Waals surface area contributed by atoms with Crippen molar-refractivity contribution in [2.75, 3.05) is 6.54 Å². The first-order valence-electron chi connectivity index (χ1n) is 6.30. The standard InChI is InChI=1S/C15H17BrN2O/c1-2-17-8-12-4-3-5-13(6-12)11-19-15-7-14(16)9-18-10-15/h3-7,9-10,17H,2,8,11H2,1H3. The topological polar surface area (TPSA) is 34.1 Å². The Labute approximate surface area is 122 Å². The third kappa shape index (κ3) is 4.65. The van der Waals surface area contributed by atoms with Gasteiger partial charge in [0, 0.05) is 17.2 Å². The second-order valence-corrected chi connectivity index (χ2v) is 5.14. The first-order chi connectivity index (χ1) is 9.28. The van der Waals surface area contributed by atoms with E-state index < -0.39 is 0 Å². The predicted molar refractivity (Wildman–Crippen MR) is 80.1 cm³/mol. The van der Waals surface area contributed by atoms with E-state index >= 15 is 0 Å². The van der Waals surface area contributed by atoms with E-state index in [1.807, 2.05) is 6.07 Å². The summed E-state index contributed by atoms with van der Waals surface area (Å²) in [6.07, 6.45) is 3.46.